The fraction of sp³-hybridized carbons (Fsp3) is 0.294. The zero-order valence-electron chi connectivity index (χ0n) is 11.5. The third kappa shape index (κ3) is 2.21. The van der Waals surface area contributed by atoms with Gasteiger partial charge in [0, 0.05) is 12.0 Å². The lowest BCUT2D eigenvalue weighted by molar-refractivity contribution is 0.0654. The van der Waals surface area contributed by atoms with E-state index in [2.05, 4.69) is 0 Å². The van der Waals surface area contributed by atoms with Crippen molar-refractivity contribution >= 4 is 0 Å². The quantitative estimate of drug-likeness (QED) is 0.874. The van der Waals surface area contributed by atoms with Crippen LogP contribution in [0.5, 0.6) is 17.2 Å². The molecule has 2 aliphatic heterocycles. The smallest absolute Gasteiger partial charge is 0.161 e. The van der Waals surface area contributed by atoms with Crippen molar-refractivity contribution in [1.29, 1.82) is 0 Å². The van der Waals surface area contributed by atoms with Gasteiger partial charge < -0.3 is 19.3 Å². The van der Waals surface area contributed by atoms with Crippen LogP contribution in [0.15, 0.2) is 42.5 Å². The van der Waals surface area contributed by atoms with Crippen LogP contribution in [0.3, 0.4) is 0 Å². The molecule has 2 heterocycles. The van der Waals surface area contributed by atoms with Gasteiger partial charge in [-0.25, -0.2) is 0 Å². The summed E-state index contributed by atoms with van der Waals surface area (Å²) in [6.07, 6.45) is -0.143. The highest BCUT2D eigenvalue weighted by molar-refractivity contribution is 5.45. The predicted molar refractivity (Wildman–Crippen MR) is 76.8 cm³/mol. The van der Waals surface area contributed by atoms with Gasteiger partial charge in [-0.1, -0.05) is 24.3 Å². The lowest BCUT2D eigenvalue weighted by atomic mass is 9.95. The van der Waals surface area contributed by atoms with Gasteiger partial charge in [0.25, 0.3) is 0 Å². The van der Waals surface area contributed by atoms with E-state index >= 15 is 0 Å². The Hall–Kier alpha value is -2.20. The largest absolute Gasteiger partial charge is 0.486 e. The van der Waals surface area contributed by atoms with Gasteiger partial charge in [0.05, 0.1) is 6.10 Å². The topological polar surface area (TPSA) is 47.9 Å². The summed E-state index contributed by atoms with van der Waals surface area (Å²) >= 11 is 0. The Morgan fingerprint density at radius 2 is 1.71 bits per heavy atom. The Morgan fingerprint density at radius 1 is 0.905 bits per heavy atom. The first-order valence-corrected chi connectivity index (χ1v) is 7.14. The fourth-order valence-corrected chi connectivity index (χ4v) is 2.86. The van der Waals surface area contributed by atoms with Gasteiger partial charge in [-0.3, -0.25) is 0 Å². The van der Waals surface area contributed by atoms with E-state index < -0.39 is 6.10 Å². The Labute approximate surface area is 122 Å². The predicted octanol–water partition coefficient (Wildman–Crippen LogP) is 3.02. The average molecular weight is 284 g/mol. The van der Waals surface area contributed by atoms with E-state index in [1.807, 2.05) is 42.5 Å². The maximum atomic E-state index is 10.3. The van der Waals surface area contributed by atoms with E-state index in [1.165, 1.54) is 0 Å². The van der Waals surface area contributed by atoms with Gasteiger partial charge in [-0.15, -0.1) is 0 Å². The maximum Gasteiger partial charge on any atom is 0.161 e. The van der Waals surface area contributed by atoms with Gasteiger partial charge >= 0.3 is 0 Å². The number of ether oxygens (including phenoxy) is 3. The zero-order valence-corrected chi connectivity index (χ0v) is 11.5. The SMILES string of the molecule is OC1CC(c2ccc3c(c2)OCCO3)Oc2ccccc21. The van der Waals surface area contributed by atoms with Crippen LogP contribution in [0, 0.1) is 0 Å². The minimum absolute atomic E-state index is 0.175. The molecule has 4 heteroatoms. The van der Waals surface area contributed by atoms with Crippen LogP contribution < -0.4 is 14.2 Å². The number of aliphatic hydroxyl groups excluding tert-OH is 1. The van der Waals surface area contributed by atoms with Gasteiger partial charge in [0.2, 0.25) is 0 Å². The lowest BCUT2D eigenvalue weighted by Crippen LogP contribution is -2.20. The second-order valence-corrected chi connectivity index (χ2v) is 5.30. The summed E-state index contributed by atoms with van der Waals surface area (Å²) in [5.74, 6) is 2.26. The molecule has 0 saturated carbocycles. The summed E-state index contributed by atoms with van der Waals surface area (Å²) in [5.41, 5.74) is 1.85. The first kappa shape index (κ1) is 12.5. The van der Waals surface area contributed by atoms with Crippen molar-refractivity contribution in [2.45, 2.75) is 18.6 Å². The normalized spacial score (nSPS) is 23.1. The number of aliphatic hydroxyl groups is 1. The van der Waals surface area contributed by atoms with Crippen LogP contribution in [-0.4, -0.2) is 18.3 Å². The number of hydrogen-bond acceptors (Lipinski definition) is 4. The standard InChI is InChI=1S/C17H16O4/c18-13-10-16(21-14-4-2-1-3-12(13)14)11-5-6-15-17(9-11)20-8-7-19-15/h1-6,9,13,16,18H,7-8,10H2. The molecule has 2 unspecified atom stereocenters. The summed E-state index contributed by atoms with van der Waals surface area (Å²) in [6, 6.07) is 13.4. The van der Waals surface area contributed by atoms with Gasteiger partial charge in [-0.05, 0) is 23.8 Å². The van der Waals surface area contributed by atoms with Crippen LogP contribution in [0.25, 0.3) is 0 Å². The number of fused-ring (bicyclic) bond motifs is 2. The van der Waals surface area contributed by atoms with Crippen molar-refractivity contribution < 1.29 is 19.3 Å². The molecule has 0 bridgehead atoms. The first-order chi connectivity index (χ1) is 10.3. The Balaban J connectivity index is 1.66. The van der Waals surface area contributed by atoms with Crippen molar-refractivity contribution in [2.24, 2.45) is 0 Å². The van der Waals surface area contributed by atoms with Crippen molar-refractivity contribution in [3.63, 3.8) is 0 Å². The molecule has 108 valence electrons. The van der Waals surface area contributed by atoms with E-state index in [4.69, 9.17) is 14.2 Å². The van der Waals surface area contributed by atoms with E-state index in [0.29, 0.717) is 19.6 Å². The van der Waals surface area contributed by atoms with Crippen LogP contribution in [0.2, 0.25) is 0 Å². The molecule has 0 radical (unpaired) electrons. The molecular formula is C17H16O4. The van der Waals surface area contributed by atoms with Crippen molar-refractivity contribution in [3.05, 3.63) is 53.6 Å². The van der Waals surface area contributed by atoms with Crippen molar-refractivity contribution in [2.75, 3.05) is 13.2 Å². The first-order valence-electron chi connectivity index (χ1n) is 7.14. The Kier molecular flexibility index (Phi) is 2.97. The van der Waals surface area contributed by atoms with Crippen LogP contribution in [-0.2, 0) is 0 Å². The summed E-state index contributed by atoms with van der Waals surface area (Å²) in [4.78, 5) is 0. The summed E-state index contributed by atoms with van der Waals surface area (Å²) in [6.45, 7) is 1.14. The molecule has 2 aromatic carbocycles. The van der Waals surface area contributed by atoms with Crippen LogP contribution in [0.1, 0.15) is 29.8 Å². The summed E-state index contributed by atoms with van der Waals surface area (Å²) in [7, 11) is 0. The zero-order chi connectivity index (χ0) is 14.2. The van der Waals surface area contributed by atoms with E-state index in [9.17, 15) is 5.11 Å². The minimum atomic E-state index is -0.506. The molecule has 0 amide bonds. The van der Waals surface area contributed by atoms with E-state index in [1.54, 1.807) is 0 Å². The van der Waals surface area contributed by atoms with Crippen LogP contribution in [0.4, 0.5) is 0 Å². The van der Waals surface area contributed by atoms with Gasteiger partial charge in [0.1, 0.15) is 25.1 Å². The molecule has 0 aromatic heterocycles. The molecule has 2 aliphatic rings. The number of rotatable bonds is 1. The second kappa shape index (κ2) is 4.97. The Morgan fingerprint density at radius 3 is 2.62 bits per heavy atom. The molecule has 4 rings (SSSR count). The summed E-state index contributed by atoms with van der Waals surface area (Å²) < 4.78 is 17.2. The maximum absolute atomic E-state index is 10.3. The Bertz CT molecular complexity index is 668. The third-order valence-corrected chi connectivity index (χ3v) is 3.92. The monoisotopic (exact) mass is 284 g/mol. The van der Waals surface area contributed by atoms with Crippen molar-refractivity contribution in [3.8, 4) is 17.2 Å². The van der Waals surface area contributed by atoms with E-state index in [-0.39, 0.29) is 6.10 Å². The molecule has 0 saturated heterocycles. The number of benzene rings is 2. The summed E-state index contributed by atoms with van der Waals surface area (Å²) in [5, 5.41) is 10.3. The molecule has 2 aromatic rings. The molecular weight excluding hydrogens is 268 g/mol. The molecule has 21 heavy (non-hydrogen) atoms. The highest BCUT2D eigenvalue weighted by atomic mass is 16.6. The molecule has 0 fully saturated rings. The number of para-hydroxylation sites is 1. The lowest BCUT2D eigenvalue weighted by Gasteiger charge is -2.30. The van der Waals surface area contributed by atoms with E-state index in [0.717, 1.165) is 28.4 Å². The van der Waals surface area contributed by atoms with Crippen LogP contribution >= 0.6 is 0 Å². The minimum Gasteiger partial charge on any atom is -0.486 e. The number of hydrogen-bond donors (Lipinski definition) is 1. The van der Waals surface area contributed by atoms with Crippen molar-refractivity contribution in [1.82, 2.24) is 0 Å². The molecule has 0 aliphatic carbocycles. The average Bonchev–Trinajstić information content (AvgIpc) is 2.54. The third-order valence-electron chi connectivity index (χ3n) is 3.92. The highest BCUT2D eigenvalue weighted by Crippen LogP contribution is 2.42. The molecule has 1 N–H and O–H groups in total. The second-order valence-electron chi connectivity index (χ2n) is 5.30. The molecule has 2 atom stereocenters. The highest BCUT2D eigenvalue weighted by Gasteiger charge is 2.28. The fourth-order valence-electron chi connectivity index (χ4n) is 2.86. The van der Waals surface area contributed by atoms with Gasteiger partial charge in [0.15, 0.2) is 11.5 Å². The molecule has 0 spiro atoms. The van der Waals surface area contributed by atoms with Gasteiger partial charge in [-0.2, -0.15) is 0 Å². The molecule has 4 nitrogen and oxygen atoms in total.